The van der Waals surface area contributed by atoms with Crippen molar-refractivity contribution in [3.8, 4) is 0 Å². The maximum Gasteiger partial charge on any atom is 0.306 e. The average Bonchev–Trinajstić information content (AvgIpc) is 2.78. The van der Waals surface area contributed by atoms with E-state index in [0.29, 0.717) is 6.42 Å². The van der Waals surface area contributed by atoms with Crippen molar-refractivity contribution in [2.45, 2.75) is 30.3 Å². The lowest BCUT2D eigenvalue weighted by atomic mass is 10.1. The Labute approximate surface area is 104 Å². The second-order valence-corrected chi connectivity index (χ2v) is 4.96. The van der Waals surface area contributed by atoms with E-state index in [4.69, 9.17) is 5.11 Å². The maximum atomic E-state index is 10.8. The summed E-state index contributed by atoms with van der Waals surface area (Å²) in [4.78, 5) is 19.1. The van der Waals surface area contributed by atoms with Crippen molar-refractivity contribution in [3.63, 3.8) is 0 Å². The molecule has 2 N–H and O–H groups in total. The third kappa shape index (κ3) is 3.09. The van der Waals surface area contributed by atoms with Gasteiger partial charge in [0.1, 0.15) is 17.2 Å². The van der Waals surface area contributed by atoms with Gasteiger partial charge >= 0.3 is 5.97 Å². The van der Waals surface area contributed by atoms with E-state index >= 15 is 0 Å². The average molecular weight is 253 g/mol. The van der Waals surface area contributed by atoms with Crippen LogP contribution in [0.1, 0.15) is 19.3 Å². The third-order valence-corrected chi connectivity index (χ3v) is 3.63. The number of anilines is 1. The van der Waals surface area contributed by atoms with Gasteiger partial charge in [0.05, 0.1) is 5.92 Å². The minimum absolute atomic E-state index is 0.209. The molecular weight excluding hydrogens is 238 g/mol. The van der Waals surface area contributed by atoms with Gasteiger partial charge in [-0.25, -0.2) is 9.97 Å². The Kier molecular flexibility index (Phi) is 3.83. The lowest BCUT2D eigenvalue weighted by Gasteiger charge is -2.13. The third-order valence-electron chi connectivity index (χ3n) is 2.99. The molecule has 0 aromatic carbocycles. The van der Waals surface area contributed by atoms with Crippen LogP contribution >= 0.6 is 11.8 Å². The number of carboxylic acid groups (broad SMARTS) is 1. The van der Waals surface area contributed by atoms with Gasteiger partial charge in [-0.1, -0.05) is 0 Å². The molecule has 92 valence electrons. The van der Waals surface area contributed by atoms with Gasteiger partial charge in [-0.3, -0.25) is 4.79 Å². The fourth-order valence-electron chi connectivity index (χ4n) is 2.08. The summed E-state index contributed by atoms with van der Waals surface area (Å²) in [6.07, 6.45) is 5.79. The van der Waals surface area contributed by atoms with E-state index in [0.717, 1.165) is 23.7 Å². The van der Waals surface area contributed by atoms with Gasteiger partial charge < -0.3 is 10.4 Å². The van der Waals surface area contributed by atoms with Crippen LogP contribution in [0.5, 0.6) is 0 Å². The van der Waals surface area contributed by atoms with Gasteiger partial charge in [-0.15, -0.1) is 11.8 Å². The Morgan fingerprint density at radius 1 is 1.53 bits per heavy atom. The SMILES string of the molecule is CSc1cc(N[C@H]2CC[C@@H](C(=O)O)C2)ncn1. The number of nitrogens with one attached hydrogen (secondary N) is 1. The standard InChI is InChI=1S/C11H15N3O2S/c1-17-10-5-9(12-6-13-10)14-8-3-2-7(4-8)11(15)16/h5-8H,2-4H2,1H3,(H,15,16)(H,12,13,14)/t7-,8+/m1/s1. The van der Waals surface area contributed by atoms with Crippen LogP contribution in [-0.4, -0.2) is 33.3 Å². The molecule has 2 rings (SSSR count). The molecule has 0 bridgehead atoms. The molecule has 0 spiro atoms. The van der Waals surface area contributed by atoms with E-state index in [2.05, 4.69) is 15.3 Å². The minimum atomic E-state index is -0.693. The van der Waals surface area contributed by atoms with Gasteiger partial charge in [0.25, 0.3) is 0 Å². The fraction of sp³-hybridized carbons (Fsp3) is 0.545. The molecule has 1 heterocycles. The highest BCUT2D eigenvalue weighted by molar-refractivity contribution is 7.98. The minimum Gasteiger partial charge on any atom is -0.481 e. The number of carbonyl (C=O) groups is 1. The molecule has 5 nitrogen and oxygen atoms in total. The number of rotatable bonds is 4. The monoisotopic (exact) mass is 253 g/mol. The first kappa shape index (κ1) is 12.2. The summed E-state index contributed by atoms with van der Waals surface area (Å²) in [5, 5.41) is 13.1. The molecule has 1 aromatic rings. The second-order valence-electron chi connectivity index (χ2n) is 4.14. The first-order chi connectivity index (χ1) is 8.19. The Hall–Kier alpha value is -1.30. The summed E-state index contributed by atoms with van der Waals surface area (Å²) in [7, 11) is 0. The molecule has 1 aromatic heterocycles. The molecule has 2 atom stereocenters. The Morgan fingerprint density at radius 2 is 2.35 bits per heavy atom. The zero-order valence-electron chi connectivity index (χ0n) is 9.59. The number of aliphatic carboxylic acids is 1. The predicted octanol–water partition coefficient (Wildman–Crippen LogP) is 1.86. The summed E-state index contributed by atoms with van der Waals surface area (Å²) in [6.45, 7) is 0. The van der Waals surface area contributed by atoms with Crippen LogP contribution in [-0.2, 0) is 4.79 Å². The number of aromatic nitrogens is 2. The highest BCUT2D eigenvalue weighted by Gasteiger charge is 2.29. The molecule has 1 fully saturated rings. The molecule has 0 saturated heterocycles. The number of nitrogens with zero attached hydrogens (tertiary/aromatic N) is 2. The van der Waals surface area contributed by atoms with Crippen molar-refractivity contribution in [2.75, 3.05) is 11.6 Å². The van der Waals surface area contributed by atoms with Crippen LogP contribution in [0, 0.1) is 5.92 Å². The highest BCUT2D eigenvalue weighted by Crippen LogP contribution is 2.28. The lowest BCUT2D eigenvalue weighted by molar-refractivity contribution is -0.141. The molecule has 0 aliphatic heterocycles. The molecule has 0 amide bonds. The van der Waals surface area contributed by atoms with Crippen LogP contribution in [0.4, 0.5) is 5.82 Å². The Bertz CT molecular complexity index is 413. The first-order valence-corrected chi connectivity index (χ1v) is 6.77. The number of hydrogen-bond acceptors (Lipinski definition) is 5. The molecule has 1 aliphatic carbocycles. The van der Waals surface area contributed by atoms with Gasteiger partial charge in [-0.2, -0.15) is 0 Å². The lowest BCUT2D eigenvalue weighted by Crippen LogP contribution is -2.18. The van der Waals surface area contributed by atoms with Crippen molar-refractivity contribution in [3.05, 3.63) is 12.4 Å². The normalized spacial score (nSPS) is 23.6. The molecule has 1 saturated carbocycles. The number of hydrogen-bond donors (Lipinski definition) is 2. The summed E-state index contributed by atoms with van der Waals surface area (Å²) < 4.78 is 0. The largest absolute Gasteiger partial charge is 0.481 e. The molecule has 0 radical (unpaired) electrons. The summed E-state index contributed by atoms with van der Waals surface area (Å²) in [5.74, 6) is -0.128. The van der Waals surface area contributed by atoms with E-state index in [1.54, 1.807) is 11.8 Å². The molecule has 0 unspecified atom stereocenters. The van der Waals surface area contributed by atoms with Crippen molar-refractivity contribution >= 4 is 23.5 Å². The first-order valence-electron chi connectivity index (χ1n) is 5.54. The number of thioether (sulfide) groups is 1. The number of carboxylic acids is 1. The van der Waals surface area contributed by atoms with Crippen LogP contribution in [0.25, 0.3) is 0 Å². The second kappa shape index (κ2) is 5.35. The van der Waals surface area contributed by atoms with Crippen molar-refractivity contribution in [1.82, 2.24) is 9.97 Å². The van der Waals surface area contributed by atoms with Crippen molar-refractivity contribution in [2.24, 2.45) is 5.92 Å². The molecule has 17 heavy (non-hydrogen) atoms. The predicted molar refractivity (Wildman–Crippen MR) is 66.2 cm³/mol. The zero-order valence-corrected chi connectivity index (χ0v) is 10.4. The smallest absolute Gasteiger partial charge is 0.306 e. The van der Waals surface area contributed by atoms with Crippen LogP contribution < -0.4 is 5.32 Å². The summed E-state index contributed by atoms with van der Waals surface area (Å²) in [5.41, 5.74) is 0. The van der Waals surface area contributed by atoms with Crippen molar-refractivity contribution in [1.29, 1.82) is 0 Å². The highest BCUT2D eigenvalue weighted by atomic mass is 32.2. The van der Waals surface area contributed by atoms with Gasteiger partial charge in [0, 0.05) is 12.1 Å². The van der Waals surface area contributed by atoms with Gasteiger partial charge in [0.2, 0.25) is 0 Å². The van der Waals surface area contributed by atoms with Gasteiger partial charge in [0.15, 0.2) is 0 Å². The van der Waals surface area contributed by atoms with Crippen molar-refractivity contribution < 1.29 is 9.90 Å². The molecular formula is C11H15N3O2S. The van der Waals surface area contributed by atoms with E-state index < -0.39 is 5.97 Å². The summed E-state index contributed by atoms with van der Waals surface area (Å²) in [6, 6.07) is 2.10. The van der Waals surface area contributed by atoms with E-state index in [1.165, 1.54) is 6.33 Å². The molecule has 6 heteroatoms. The van der Waals surface area contributed by atoms with Crippen LogP contribution in [0.3, 0.4) is 0 Å². The quantitative estimate of drug-likeness (QED) is 0.630. The zero-order chi connectivity index (χ0) is 12.3. The van der Waals surface area contributed by atoms with E-state index in [1.807, 2.05) is 12.3 Å². The van der Waals surface area contributed by atoms with Gasteiger partial charge in [-0.05, 0) is 25.5 Å². The molecule has 1 aliphatic rings. The van der Waals surface area contributed by atoms with E-state index in [9.17, 15) is 4.79 Å². The summed E-state index contributed by atoms with van der Waals surface area (Å²) >= 11 is 1.56. The maximum absolute atomic E-state index is 10.8. The van der Waals surface area contributed by atoms with E-state index in [-0.39, 0.29) is 12.0 Å². The Morgan fingerprint density at radius 3 is 3.00 bits per heavy atom. The van der Waals surface area contributed by atoms with Crippen LogP contribution in [0.15, 0.2) is 17.4 Å². The Balaban J connectivity index is 1.95. The van der Waals surface area contributed by atoms with Crippen LogP contribution in [0.2, 0.25) is 0 Å². The fourth-order valence-corrected chi connectivity index (χ4v) is 2.46. The topological polar surface area (TPSA) is 75.1 Å².